The molecule has 0 saturated heterocycles. The molecule has 2 bridgehead atoms. The lowest BCUT2D eigenvalue weighted by Gasteiger charge is -2.32. The fourth-order valence-corrected chi connectivity index (χ4v) is 8.17. The summed E-state index contributed by atoms with van der Waals surface area (Å²) in [4.78, 5) is 12.4. The maximum absolute atomic E-state index is 13.7. The zero-order valence-electron chi connectivity index (χ0n) is 18.4. The van der Waals surface area contributed by atoms with Crippen molar-refractivity contribution in [3.05, 3.63) is 71.0 Å². The maximum Gasteiger partial charge on any atom is 0.255 e. The van der Waals surface area contributed by atoms with Crippen molar-refractivity contribution in [2.75, 3.05) is 18.5 Å². The van der Waals surface area contributed by atoms with E-state index in [1.165, 1.54) is 18.2 Å². The van der Waals surface area contributed by atoms with Crippen LogP contribution in [0.4, 0.5) is 18.9 Å². The normalized spacial score (nSPS) is 25.6. The lowest BCUT2D eigenvalue weighted by Crippen LogP contribution is -2.42. The highest BCUT2D eigenvalue weighted by atomic mass is 35.5. The van der Waals surface area contributed by atoms with Gasteiger partial charge < -0.3 is 15.2 Å². The highest BCUT2D eigenvalue weighted by Crippen LogP contribution is 2.55. The van der Waals surface area contributed by atoms with E-state index in [9.17, 15) is 31.5 Å². The Hall–Kier alpha value is -2.40. The van der Waals surface area contributed by atoms with Crippen LogP contribution in [0, 0.1) is 29.3 Å². The van der Waals surface area contributed by atoms with E-state index in [1.54, 1.807) is 0 Å². The van der Waals surface area contributed by atoms with Gasteiger partial charge >= 0.3 is 0 Å². The zero-order valence-corrected chi connectivity index (χ0v) is 20.0. The van der Waals surface area contributed by atoms with E-state index in [4.69, 9.17) is 16.3 Å². The van der Waals surface area contributed by atoms with Gasteiger partial charge in [0.05, 0.1) is 34.0 Å². The Balaban J connectivity index is 1.61. The molecule has 2 fully saturated rings. The summed E-state index contributed by atoms with van der Waals surface area (Å²) in [6.07, 6.45) is 2.92. The van der Waals surface area contributed by atoms with Gasteiger partial charge in [0.2, 0.25) is 0 Å². The molecular weight excluding hydrogens is 507 g/mol. The van der Waals surface area contributed by atoms with Crippen molar-refractivity contribution in [1.82, 2.24) is 0 Å². The number of carbonyl (C=O) groups is 1. The number of hydrogen-bond acceptors (Lipinski definition) is 5. The second kappa shape index (κ2) is 9.57. The molecule has 4 atom stereocenters. The number of anilines is 1. The molecule has 1 amide bonds. The maximum atomic E-state index is 13.7. The first-order valence-corrected chi connectivity index (χ1v) is 12.8. The second-order valence-electron chi connectivity index (χ2n) is 8.92. The number of sulfone groups is 1. The number of aliphatic hydroxyl groups is 1. The molecule has 2 aliphatic carbocycles. The van der Waals surface area contributed by atoms with Gasteiger partial charge in [0, 0.05) is 29.3 Å². The summed E-state index contributed by atoms with van der Waals surface area (Å²) in [5, 5.41) is 12.3. The van der Waals surface area contributed by atoms with Crippen LogP contribution in [0.15, 0.2) is 47.9 Å². The highest BCUT2D eigenvalue weighted by Gasteiger charge is 2.61. The number of benzene rings is 2. The summed E-state index contributed by atoms with van der Waals surface area (Å²) in [5.74, 6) is -6.39. The highest BCUT2D eigenvalue weighted by molar-refractivity contribution is 7.92. The van der Waals surface area contributed by atoms with Crippen LogP contribution in [-0.2, 0) is 14.6 Å². The molecule has 188 valence electrons. The third-order valence-corrected chi connectivity index (χ3v) is 9.53. The van der Waals surface area contributed by atoms with E-state index in [-0.39, 0.29) is 46.7 Å². The molecule has 6 nitrogen and oxygen atoms in total. The van der Waals surface area contributed by atoms with Crippen molar-refractivity contribution in [1.29, 1.82) is 0 Å². The van der Waals surface area contributed by atoms with Gasteiger partial charge in [0.15, 0.2) is 27.3 Å². The molecular formula is C24H23ClF3NO5S. The first-order valence-electron chi connectivity index (χ1n) is 10.9. The van der Waals surface area contributed by atoms with Gasteiger partial charge in [-0.2, -0.15) is 0 Å². The van der Waals surface area contributed by atoms with E-state index in [2.05, 4.69) is 11.9 Å². The number of fused-ring (bicyclic) bond motifs is 2. The van der Waals surface area contributed by atoms with E-state index in [0.29, 0.717) is 25.0 Å². The summed E-state index contributed by atoms with van der Waals surface area (Å²) in [5.41, 5.74) is -1.78. The number of nitrogens with one attached hydrogen (secondary N) is 1. The fourth-order valence-electron chi connectivity index (χ4n) is 5.24. The minimum atomic E-state index is -4.07. The molecule has 2 aliphatic rings. The molecule has 11 heteroatoms. The van der Waals surface area contributed by atoms with E-state index in [1.807, 2.05) is 0 Å². The lowest BCUT2D eigenvalue weighted by molar-refractivity contribution is -0.0753. The molecule has 35 heavy (non-hydrogen) atoms. The van der Waals surface area contributed by atoms with E-state index in [0.717, 1.165) is 6.07 Å². The molecule has 2 saturated carbocycles. The van der Waals surface area contributed by atoms with Gasteiger partial charge in [-0.15, -0.1) is 6.58 Å². The SMILES string of the molecule is C=CCOC[C@@]1(O)CC2CCC1[C@@H]2S(=O)(=O)c1cc(C(=O)Nc2cc(F)c(F)c(F)c2)ccc1Cl. The van der Waals surface area contributed by atoms with Gasteiger partial charge in [0.25, 0.3) is 5.91 Å². The van der Waals surface area contributed by atoms with Gasteiger partial charge in [-0.3, -0.25) is 4.79 Å². The summed E-state index contributed by atoms with van der Waals surface area (Å²) < 4.78 is 72.9. The Morgan fingerprint density at radius 1 is 1.23 bits per heavy atom. The summed E-state index contributed by atoms with van der Waals surface area (Å²) in [6, 6.07) is 4.81. The number of amides is 1. The minimum absolute atomic E-state index is 0.0207. The van der Waals surface area contributed by atoms with Crippen LogP contribution in [0.1, 0.15) is 29.6 Å². The predicted molar refractivity (Wildman–Crippen MR) is 123 cm³/mol. The van der Waals surface area contributed by atoms with Crippen LogP contribution < -0.4 is 5.32 Å². The summed E-state index contributed by atoms with van der Waals surface area (Å²) in [7, 11) is -4.07. The Morgan fingerprint density at radius 2 is 1.91 bits per heavy atom. The Morgan fingerprint density at radius 3 is 2.57 bits per heavy atom. The number of ether oxygens (including phenoxy) is 1. The van der Waals surface area contributed by atoms with Crippen LogP contribution in [0.3, 0.4) is 0 Å². The topological polar surface area (TPSA) is 92.7 Å². The minimum Gasteiger partial charge on any atom is -0.387 e. The molecule has 4 rings (SSSR count). The van der Waals surface area contributed by atoms with E-state index >= 15 is 0 Å². The number of halogens is 4. The first kappa shape index (κ1) is 25.7. The number of rotatable bonds is 8. The lowest BCUT2D eigenvalue weighted by atomic mass is 9.85. The number of hydrogen-bond donors (Lipinski definition) is 2. The first-order chi connectivity index (χ1) is 16.5. The zero-order chi connectivity index (χ0) is 25.5. The molecule has 0 heterocycles. The quantitative estimate of drug-likeness (QED) is 0.298. The van der Waals surface area contributed by atoms with Gasteiger partial charge in [-0.05, 0) is 43.4 Å². The Bertz CT molecular complexity index is 1260. The molecule has 2 aromatic rings. The van der Waals surface area contributed by atoms with Crippen LogP contribution >= 0.6 is 11.6 Å². The van der Waals surface area contributed by atoms with Crippen LogP contribution in [-0.4, -0.2) is 43.5 Å². The summed E-state index contributed by atoms with van der Waals surface area (Å²) >= 11 is 6.22. The van der Waals surface area contributed by atoms with E-state index < -0.39 is 50.0 Å². The fraction of sp³-hybridized carbons (Fsp3) is 0.375. The monoisotopic (exact) mass is 529 g/mol. The standard InChI is InChI=1S/C24H23ClF3NO5S/c1-2-7-34-12-24(31)11-14-3-5-16(24)22(14)35(32,33)20-8-13(4-6-17(20)25)23(30)29-15-9-18(26)21(28)19(27)10-15/h2,4,6,8-10,14,16,22,31H,1,3,5,7,11-12H2,(H,29,30)/t14?,16?,22-,24+/m1/s1. The van der Waals surface area contributed by atoms with Gasteiger partial charge in [-0.1, -0.05) is 17.7 Å². The molecule has 2 unspecified atom stereocenters. The molecule has 0 spiro atoms. The van der Waals surface area contributed by atoms with Crippen LogP contribution in [0.25, 0.3) is 0 Å². The van der Waals surface area contributed by atoms with Crippen molar-refractivity contribution < 1.29 is 36.2 Å². The average molecular weight is 530 g/mol. The Labute approximate surface area is 205 Å². The van der Waals surface area contributed by atoms with Crippen molar-refractivity contribution in [3.63, 3.8) is 0 Å². The molecule has 2 aromatic carbocycles. The second-order valence-corrected chi connectivity index (χ2v) is 11.4. The smallest absolute Gasteiger partial charge is 0.255 e. The molecule has 0 radical (unpaired) electrons. The van der Waals surface area contributed by atoms with Gasteiger partial charge in [0.1, 0.15) is 0 Å². The van der Waals surface area contributed by atoms with Crippen molar-refractivity contribution in [2.24, 2.45) is 11.8 Å². The average Bonchev–Trinajstić information content (AvgIpc) is 3.34. The van der Waals surface area contributed by atoms with Crippen molar-refractivity contribution in [2.45, 2.75) is 35.0 Å². The molecule has 0 aliphatic heterocycles. The Kier molecular flexibility index (Phi) is 7.02. The van der Waals surface area contributed by atoms with Crippen LogP contribution in [0.2, 0.25) is 5.02 Å². The third kappa shape index (κ3) is 4.72. The third-order valence-electron chi connectivity index (χ3n) is 6.70. The molecule has 0 aromatic heterocycles. The van der Waals surface area contributed by atoms with Crippen LogP contribution in [0.5, 0.6) is 0 Å². The summed E-state index contributed by atoms with van der Waals surface area (Å²) in [6.45, 7) is 3.76. The predicted octanol–water partition coefficient (Wildman–Crippen LogP) is 4.52. The van der Waals surface area contributed by atoms with Crippen molar-refractivity contribution >= 4 is 33.0 Å². The number of carbonyl (C=O) groups excluding carboxylic acids is 1. The van der Waals surface area contributed by atoms with Crippen molar-refractivity contribution in [3.8, 4) is 0 Å². The largest absolute Gasteiger partial charge is 0.387 e. The van der Waals surface area contributed by atoms with Gasteiger partial charge in [-0.25, -0.2) is 21.6 Å². The molecule has 2 N–H and O–H groups in total.